The quantitative estimate of drug-likeness (QED) is 0.744. The van der Waals surface area contributed by atoms with Crippen molar-refractivity contribution >= 4 is 45.0 Å². The molecular formula is C15H13N3OS2. The van der Waals surface area contributed by atoms with Crippen LogP contribution in [0.1, 0.15) is 6.92 Å². The molecular weight excluding hydrogens is 302 g/mol. The van der Waals surface area contributed by atoms with Gasteiger partial charge in [0.1, 0.15) is 0 Å². The van der Waals surface area contributed by atoms with E-state index in [1.54, 1.807) is 6.20 Å². The summed E-state index contributed by atoms with van der Waals surface area (Å²) in [5, 5.41) is 6.96. The van der Waals surface area contributed by atoms with E-state index in [2.05, 4.69) is 15.3 Å². The van der Waals surface area contributed by atoms with Gasteiger partial charge in [0.2, 0.25) is 5.91 Å². The molecule has 0 saturated heterocycles. The number of amides is 1. The lowest BCUT2D eigenvalue weighted by atomic mass is 10.2. The highest BCUT2D eigenvalue weighted by Gasteiger charge is 2.16. The summed E-state index contributed by atoms with van der Waals surface area (Å²) in [6.45, 7) is 1.87. The molecule has 1 aromatic carbocycles. The fraction of sp³-hybridized carbons (Fsp3) is 0.133. The predicted molar refractivity (Wildman–Crippen MR) is 87.8 cm³/mol. The SMILES string of the molecule is CC(Sc1ccc2ccccc2n1)C(=O)Nc1nccs1. The van der Waals surface area contributed by atoms with Crippen molar-refractivity contribution in [2.45, 2.75) is 17.2 Å². The Hall–Kier alpha value is -1.92. The lowest BCUT2D eigenvalue weighted by Crippen LogP contribution is -2.22. The molecule has 1 atom stereocenters. The number of nitrogens with one attached hydrogen (secondary N) is 1. The Morgan fingerprint density at radius 2 is 2.14 bits per heavy atom. The number of carbonyl (C=O) groups excluding carboxylic acids is 1. The number of thiazole rings is 1. The van der Waals surface area contributed by atoms with Crippen LogP contribution in [0.3, 0.4) is 0 Å². The van der Waals surface area contributed by atoms with E-state index in [0.29, 0.717) is 5.13 Å². The first-order valence-corrected chi connectivity index (χ1v) is 8.21. The van der Waals surface area contributed by atoms with Gasteiger partial charge in [-0.15, -0.1) is 11.3 Å². The molecule has 21 heavy (non-hydrogen) atoms. The highest BCUT2D eigenvalue weighted by atomic mass is 32.2. The van der Waals surface area contributed by atoms with Gasteiger partial charge in [-0.3, -0.25) is 4.79 Å². The van der Waals surface area contributed by atoms with Gasteiger partial charge < -0.3 is 5.32 Å². The Morgan fingerprint density at radius 1 is 1.29 bits per heavy atom. The van der Waals surface area contributed by atoms with Gasteiger partial charge in [0, 0.05) is 17.0 Å². The van der Waals surface area contributed by atoms with E-state index in [-0.39, 0.29) is 11.2 Å². The standard InChI is InChI=1S/C15H13N3OS2/c1-10(14(19)18-15-16-8-9-20-15)21-13-7-6-11-4-2-3-5-12(11)17-13/h2-10H,1H3,(H,16,18,19). The Balaban J connectivity index is 1.70. The summed E-state index contributed by atoms with van der Waals surface area (Å²) in [5.74, 6) is -0.0649. The first-order chi connectivity index (χ1) is 10.2. The summed E-state index contributed by atoms with van der Waals surface area (Å²) in [6, 6.07) is 11.9. The molecule has 1 unspecified atom stereocenters. The van der Waals surface area contributed by atoms with Gasteiger partial charge >= 0.3 is 0 Å². The van der Waals surface area contributed by atoms with Crippen LogP contribution in [0.5, 0.6) is 0 Å². The molecule has 2 aromatic heterocycles. The maximum absolute atomic E-state index is 12.1. The summed E-state index contributed by atoms with van der Waals surface area (Å²) in [6.07, 6.45) is 1.67. The largest absolute Gasteiger partial charge is 0.301 e. The van der Waals surface area contributed by atoms with Crippen molar-refractivity contribution in [1.29, 1.82) is 0 Å². The second kappa shape index (κ2) is 6.24. The topological polar surface area (TPSA) is 54.9 Å². The average molecular weight is 315 g/mol. The summed E-state index contributed by atoms with van der Waals surface area (Å²) >= 11 is 2.85. The minimum atomic E-state index is -0.234. The zero-order valence-corrected chi connectivity index (χ0v) is 12.9. The van der Waals surface area contributed by atoms with Gasteiger partial charge in [-0.05, 0) is 19.1 Å². The number of hydrogen-bond donors (Lipinski definition) is 1. The fourth-order valence-electron chi connectivity index (χ4n) is 1.84. The minimum absolute atomic E-state index is 0.0649. The molecule has 106 valence electrons. The minimum Gasteiger partial charge on any atom is -0.301 e. The molecule has 0 bridgehead atoms. The molecule has 3 rings (SSSR count). The first-order valence-electron chi connectivity index (χ1n) is 6.45. The van der Waals surface area contributed by atoms with Crippen molar-refractivity contribution < 1.29 is 4.79 Å². The third-order valence-corrected chi connectivity index (χ3v) is 4.63. The molecule has 1 amide bonds. The molecule has 0 saturated carbocycles. The van der Waals surface area contributed by atoms with Crippen LogP contribution in [-0.4, -0.2) is 21.1 Å². The highest BCUT2D eigenvalue weighted by molar-refractivity contribution is 8.00. The maximum atomic E-state index is 12.1. The molecule has 3 aromatic rings. The number of fused-ring (bicyclic) bond motifs is 1. The molecule has 0 radical (unpaired) electrons. The molecule has 0 fully saturated rings. The third kappa shape index (κ3) is 3.40. The molecule has 1 N–H and O–H groups in total. The number of thioether (sulfide) groups is 1. The number of rotatable bonds is 4. The number of hydrogen-bond acceptors (Lipinski definition) is 5. The second-order valence-electron chi connectivity index (χ2n) is 4.43. The van der Waals surface area contributed by atoms with Crippen LogP contribution in [0.15, 0.2) is 53.0 Å². The second-order valence-corrected chi connectivity index (χ2v) is 6.68. The van der Waals surface area contributed by atoms with Crippen molar-refractivity contribution in [2.75, 3.05) is 5.32 Å². The van der Waals surface area contributed by atoms with Gasteiger partial charge in [0.25, 0.3) is 0 Å². The van der Waals surface area contributed by atoms with E-state index in [1.807, 2.05) is 48.7 Å². The van der Waals surface area contributed by atoms with Gasteiger partial charge in [-0.2, -0.15) is 0 Å². The molecule has 4 nitrogen and oxygen atoms in total. The highest BCUT2D eigenvalue weighted by Crippen LogP contribution is 2.25. The van der Waals surface area contributed by atoms with Crippen LogP contribution in [-0.2, 0) is 4.79 Å². The number of carbonyl (C=O) groups is 1. The molecule has 0 aliphatic heterocycles. The molecule has 0 spiro atoms. The average Bonchev–Trinajstić information content (AvgIpc) is 3.00. The van der Waals surface area contributed by atoms with Gasteiger partial charge in [0.05, 0.1) is 15.8 Å². The maximum Gasteiger partial charge on any atom is 0.239 e. The number of benzene rings is 1. The number of pyridine rings is 1. The zero-order chi connectivity index (χ0) is 14.7. The summed E-state index contributed by atoms with van der Waals surface area (Å²) < 4.78 is 0. The van der Waals surface area contributed by atoms with Crippen molar-refractivity contribution in [3.8, 4) is 0 Å². The molecule has 6 heteroatoms. The number of nitrogens with zero attached hydrogens (tertiary/aromatic N) is 2. The van der Waals surface area contributed by atoms with Gasteiger partial charge in [-0.25, -0.2) is 9.97 Å². The van der Waals surface area contributed by atoms with Crippen LogP contribution in [0, 0.1) is 0 Å². The Labute approximate surface area is 130 Å². The Morgan fingerprint density at radius 3 is 2.95 bits per heavy atom. The summed E-state index contributed by atoms with van der Waals surface area (Å²) in [7, 11) is 0. The van der Waals surface area contributed by atoms with E-state index in [9.17, 15) is 4.79 Å². The monoisotopic (exact) mass is 315 g/mol. The van der Waals surface area contributed by atoms with Crippen LogP contribution in [0.2, 0.25) is 0 Å². The zero-order valence-electron chi connectivity index (χ0n) is 11.3. The van der Waals surface area contributed by atoms with E-state index in [0.717, 1.165) is 15.9 Å². The smallest absolute Gasteiger partial charge is 0.239 e. The normalized spacial score (nSPS) is 12.2. The van der Waals surface area contributed by atoms with Crippen molar-refractivity contribution in [1.82, 2.24) is 9.97 Å². The Bertz CT molecular complexity index is 758. The number of para-hydroxylation sites is 1. The predicted octanol–water partition coefficient (Wildman–Crippen LogP) is 3.81. The summed E-state index contributed by atoms with van der Waals surface area (Å²) in [5.41, 5.74) is 0.940. The lowest BCUT2D eigenvalue weighted by Gasteiger charge is -2.10. The van der Waals surface area contributed by atoms with Crippen LogP contribution in [0.4, 0.5) is 5.13 Å². The molecule has 0 aliphatic rings. The van der Waals surface area contributed by atoms with Crippen LogP contribution in [0.25, 0.3) is 10.9 Å². The molecule has 0 aliphatic carbocycles. The Kier molecular flexibility index (Phi) is 4.17. The van der Waals surface area contributed by atoms with E-state index < -0.39 is 0 Å². The van der Waals surface area contributed by atoms with Crippen molar-refractivity contribution in [2.24, 2.45) is 0 Å². The van der Waals surface area contributed by atoms with Crippen molar-refractivity contribution in [3.05, 3.63) is 48.0 Å². The van der Waals surface area contributed by atoms with E-state index >= 15 is 0 Å². The summed E-state index contributed by atoms with van der Waals surface area (Å²) in [4.78, 5) is 20.7. The fourth-order valence-corrected chi connectivity index (χ4v) is 3.20. The van der Waals surface area contributed by atoms with Gasteiger partial charge in [-0.1, -0.05) is 36.0 Å². The van der Waals surface area contributed by atoms with Crippen LogP contribution >= 0.6 is 23.1 Å². The van der Waals surface area contributed by atoms with E-state index in [4.69, 9.17) is 0 Å². The molecule has 2 heterocycles. The lowest BCUT2D eigenvalue weighted by molar-refractivity contribution is -0.115. The number of aromatic nitrogens is 2. The van der Waals surface area contributed by atoms with E-state index in [1.165, 1.54) is 23.1 Å². The van der Waals surface area contributed by atoms with Crippen LogP contribution < -0.4 is 5.32 Å². The first kappa shape index (κ1) is 14.0. The van der Waals surface area contributed by atoms with Gasteiger partial charge in [0.15, 0.2) is 5.13 Å². The third-order valence-electron chi connectivity index (χ3n) is 2.90. The number of anilines is 1. The van der Waals surface area contributed by atoms with Crippen molar-refractivity contribution in [3.63, 3.8) is 0 Å².